The molecule has 0 aliphatic heterocycles. The standard InChI is InChI=1S/C12H14O3/c1-9(12(14)15)11(7-8-13)10-5-3-2-4-6-10/h2-6,13H,7-8H2,1H3,(H,14,15)/b11-9-. The highest BCUT2D eigenvalue weighted by atomic mass is 16.4. The number of carboxylic acid groups (broad SMARTS) is 1. The van der Waals surface area contributed by atoms with Crippen molar-refractivity contribution < 1.29 is 15.0 Å². The van der Waals surface area contributed by atoms with Gasteiger partial charge in [0.1, 0.15) is 0 Å². The van der Waals surface area contributed by atoms with Crippen LogP contribution in [0.3, 0.4) is 0 Å². The molecule has 3 nitrogen and oxygen atoms in total. The van der Waals surface area contributed by atoms with Gasteiger partial charge in [0, 0.05) is 12.2 Å². The molecule has 0 heterocycles. The number of benzene rings is 1. The molecule has 0 unspecified atom stereocenters. The highest BCUT2D eigenvalue weighted by Gasteiger charge is 2.10. The van der Waals surface area contributed by atoms with Crippen LogP contribution in [0, 0.1) is 0 Å². The lowest BCUT2D eigenvalue weighted by Gasteiger charge is -2.08. The Bertz CT molecular complexity index is 366. The number of carbonyl (C=O) groups is 1. The third kappa shape index (κ3) is 2.92. The van der Waals surface area contributed by atoms with Crippen molar-refractivity contribution >= 4 is 11.5 Å². The van der Waals surface area contributed by atoms with Crippen molar-refractivity contribution in [1.82, 2.24) is 0 Å². The average molecular weight is 206 g/mol. The molecular formula is C12H14O3. The van der Waals surface area contributed by atoms with Crippen molar-refractivity contribution in [1.29, 1.82) is 0 Å². The van der Waals surface area contributed by atoms with Crippen LogP contribution in [0.1, 0.15) is 18.9 Å². The van der Waals surface area contributed by atoms with E-state index in [-0.39, 0.29) is 12.2 Å². The van der Waals surface area contributed by atoms with Crippen LogP contribution in [-0.2, 0) is 4.79 Å². The van der Waals surface area contributed by atoms with Gasteiger partial charge in [-0.25, -0.2) is 4.79 Å². The lowest BCUT2D eigenvalue weighted by molar-refractivity contribution is -0.132. The molecule has 3 heteroatoms. The van der Waals surface area contributed by atoms with Gasteiger partial charge in [0.25, 0.3) is 0 Å². The van der Waals surface area contributed by atoms with E-state index in [2.05, 4.69) is 0 Å². The number of hydrogen-bond donors (Lipinski definition) is 2. The number of rotatable bonds is 4. The van der Waals surface area contributed by atoms with Crippen molar-refractivity contribution in [2.45, 2.75) is 13.3 Å². The summed E-state index contributed by atoms with van der Waals surface area (Å²) >= 11 is 0. The molecular weight excluding hydrogens is 192 g/mol. The van der Waals surface area contributed by atoms with Crippen molar-refractivity contribution in [2.75, 3.05) is 6.61 Å². The molecule has 0 saturated heterocycles. The van der Waals surface area contributed by atoms with E-state index in [0.29, 0.717) is 12.0 Å². The second kappa shape index (κ2) is 5.32. The average Bonchev–Trinajstić information content (AvgIpc) is 2.26. The van der Waals surface area contributed by atoms with Gasteiger partial charge in [0.15, 0.2) is 0 Å². The second-order valence-corrected chi connectivity index (χ2v) is 3.25. The van der Waals surface area contributed by atoms with E-state index in [0.717, 1.165) is 5.56 Å². The number of carboxylic acids is 1. The van der Waals surface area contributed by atoms with Gasteiger partial charge in [-0.2, -0.15) is 0 Å². The maximum Gasteiger partial charge on any atom is 0.331 e. The van der Waals surface area contributed by atoms with Gasteiger partial charge >= 0.3 is 5.97 Å². The monoisotopic (exact) mass is 206 g/mol. The largest absolute Gasteiger partial charge is 0.478 e. The van der Waals surface area contributed by atoms with E-state index in [9.17, 15) is 4.79 Å². The van der Waals surface area contributed by atoms with E-state index >= 15 is 0 Å². The summed E-state index contributed by atoms with van der Waals surface area (Å²) < 4.78 is 0. The first-order valence-electron chi connectivity index (χ1n) is 4.76. The van der Waals surface area contributed by atoms with Gasteiger partial charge in [0.05, 0.1) is 0 Å². The SMILES string of the molecule is C/C(C(=O)O)=C(\CCO)c1ccccc1. The Labute approximate surface area is 88.7 Å². The van der Waals surface area contributed by atoms with Crippen LogP contribution in [0.4, 0.5) is 0 Å². The Morgan fingerprint density at radius 2 is 1.87 bits per heavy atom. The first kappa shape index (κ1) is 11.5. The van der Waals surface area contributed by atoms with E-state index in [1.54, 1.807) is 6.92 Å². The normalized spacial score (nSPS) is 12.1. The minimum atomic E-state index is -0.942. The minimum absolute atomic E-state index is 0.0468. The van der Waals surface area contributed by atoms with Crippen LogP contribution < -0.4 is 0 Å². The molecule has 1 aromatic carbocycles. The summed E-state index contributed by atoms with van der Waals surface area (Å²) in [5.41, 5.74) is 1.83. The molecule has 0 aliphatic rings. The van der Waals surface area contributed by atoms with E-state index in [1.165, 1.54) is 0 Å². The smallest absolute Gasteiger partial charge is 0.331 e. The van der Waals surface area contributed by atoms with Crippen molar-refractivity contribution in [3.8, 4) is 0 Å². The Balaban J connectivity index is 3.14. The summed E-state index contributed by atoms with van der Waals surface area (Å²) in [6.07, 6.45) is 0.363. The third-order valence-electron chi connectivity index (χ3n) is 2.26. The Hall–Kier alpha value is -1.61. The van der Waals surface area contributed by atoms with Crippen molar-refractivity contribution in [3.63, 3.8) is 0 Å². The highest BCUT2D eigenvalue weighted by molar-refractivity contribution is 5.95. The number of hydrogen-bond acceptors (Lipinski definition) is 2. The summed E-state index contributed by atoms with van der Waals surface area (Å²) in [7, 11) is 0. The first-order chi connectivity index (χ1) is 7.16. The van der Waals surface area contributed by atoms with Crippen LogP contribution in [0.2, 0.25) is 0 Å². The molecule has 15 heavy (non-hydrogen) atoms. The molecule has 0 aliphatic carbocycles. The van der Waals surface area contributed by atoms with E-state index in [4.69, 9.17) is 10.2 Å². The summed E-state index contributed by atoms with van der Waals surface area (Å²) in [4.78, 5) is 10.8. The summed E-state index contributed by atoms with van der Waals surface area (Å²) in [6.45, 7) is 1.51. The maximum atomic E-state index is 10.8. The fourth-order valence-electron chi connectivity index (χ4n) is 1.43. The molecule has 0 radical (unpaired) electrons. The molecule has 2 N–H and O–H groups in total. The van der Waals surface area contributed by atoms with Crippen LogP contribution in [0.5, 0.6) is 0 Å². The van der Waals surface area contributed by atoms with Gasteiger partial charge < -0.3 is 10.2 Å². The van der Waals surface area contributed by atoms with Gasteiger partial charge in [-0.3, -0.25) is 0 Å². The molecule has 0 spiro atoms. The number of aliphatic hydroxyl groups is 1. The Morgan fingerprint density at radius 1 is 1.27 bits per heavy atom. The van der Waals surface area contributed by atoms with Gasteiger partial charge in [-0.15, -0.1) is 0 Å². The van der Waals surface area contributed by atoms with Crippen LogP contribution in [0.25, 0.3) is 5.57 Å². The first-order valence-corrected chi connectivity index (χ1v) is 4.76. The zero-order chi connectivity index (χ0) is 11.3. The number of aliphatic carboxylic acids is 1. The molecule has 1 rings (SSSR count). The molecule has 0 atom stereocenters. The predicted molar refractivity (Wildman–Crippen MR) is 58.4 cm³/mol. The van der Waals surface area contributed by atoms with Crippen LogP contribution in [-0.4, -0.2) is 22.8 Å². The molecule has 0 bridgehead atoms. The van der Waals surface area contributed by atoms with Crippen LogP contribution in [0.15, 0.2) is 35.9 Å². The lowest BCUT2D eigenvalue weighted by Crippen LogP contribution is -2.02. The van der Waals surface area contributed by atoms with Gasteiger partial charge in [-0.1, -0.05) is 30.3 Å². The van der Waals surface area contributed by atoms with Crippen molar-refractivity contribution in [3.05, 3.63) is 41.5 Å². The second-order valence-electron chi connectivity index (χ2n) is 3.25. The summed E-state index contributed by atoms with van der Waals surface area (Å²) in [5, 5.41) is 17.8. The Morgan fingerprint density at radius 3 is 2.33 bits per heavy atom. The quantitative estimate of drug-likeness (QED) is 0.740. The maximum absolute atomic E-state index is 10.8. The minimum Gasteiger partial charge on any atom is -0.478 e. The molecule has 0 saturated carbocycles. The topological polar surface area (TPSA) is 57.5 Å². The predicted octanol–water partition coefficient (Wildman–Crippen LogP) is 1.93. The van der Waals surface area contributed by atoms with Gasteiger partial charge in [0.2, 0.25) is 0 Å². The summed E-state index contributed by atoms with van der Waals surface area (Å²) in [5.74, 6) is -0.942. The molecule has 1 aromatic rings. The Kier molecular flexibility index (Phi) is 4.06. The fraction of sp³-hybridized carbons (Fsp3) is 0.250. The molecule has 0 amide bonds. The zero-order valence-electron chi connectivity index (χ0n) is 8.60. The number of aliphatic hydroxyl groups excluding tert-OH is 1. The molecule has 0 fully saturated rings. The zero-order valence-corrected chi connectivity index (χ0v) is 8.60. The lowest BCUT2D eigenvalue weighted by atomic mass is 9.98. The van der Waals surface area contributed by atoms with Gasteiger partial charge in [-0.05, 0) is 24.5 Å². The molecule has 80 valence electrons. The fourth-order valence-corrected chi connectivity index (χ4v) is 1.43. The summed E-state index contributed by atoms with van der Waals surface area (Å²) in [6, 6.07) is 9.26. The van der Waals surface area contributed by atoms with E-state index in [1.807, 2.05) is 30.3 Å². The molecule has 0 aromatic heterocycles. The highest BCUT2D eigenvalue weighted by Crippen LogP contribution is 2.21. The van der Waals surface area contributed by atoms with E-state index < -0.39 is 5.97 Å². The third-order valence-corrected chi connectivity index (χ3v) is 2.26. The van der Waals surface area contributed by atoms with Crippen molar-refractivity contribution in [2.24, 2.45) is 0 Å². The van der Waals surface area contributed by atoms with Crippen LogP contribution >= 0.6 is 0 Å².